The van der Waals surface area contributed by atoms with E-state index in [2.05, 4.69) is 14.9 Å². The van der Waals surface area contributed by atoms with Gasteiger partial charge in [-0.2, -0.15) is 0 Å². The Labute approximate surface area is 147 Å². The highest BCUT2D eigenvalue weighted by Crippen LogP contribution is 2.31. The van der Waals surface area contributed by atoms with Gasteiger partial charge in [0.1, 0.15) is 11.6 Å². The quantitative estimate of drug-likeness (QED) is 0.930. The maximum Gasteiger partial charge on any atom is 0.237 e. The second-order valence-corrected chi connectivity index (χ2v) is 7.22. The van der Waals surface area contributed by atoms with Crippen LogP contribution in [-0.2, 0) is 4.79 Å². The predicted molar refractivity (Wildman–Crippen MR) is 94.6 cm³/mol. The van der Waals surface area contributed by atoms with Crippen LogP contribution in [-0.4, -0.2) is 51.9 Å². The smallest absolute Gasteiger partial charge is 0.237 e. The van der Waals surface area contributed by atoms with Gasteiger partial charge >= 0.3 is 0 Å². The molecule has 0 bridgehead atoms. The molecule has 1 N–H and O–H groups in total. The van der Waals surface area contributed by atoms with E-state index in [9.17, 15) is 9.18 Å². The Morgan fingerprint density at radius 2 is 1.96 bits per heavy atom. The van der Waals surface area contributed by atoms with Crippen LogP contribution in [0.4, 0.5) is 4.39 Å². The van der Waals surface area contributed by atoms with Gasteiger partial charge in [-0.1, -0.05) is 12.8 Å². The molecule has 134 valence electrons. The zero-order valence-corrected chi connectivity index (χ0v) is 14.5. The number of amides is 1. The summed E-state index contributed by atoms with van der Waals surface area (Å²) in [4.78, 5) is 24.9. The van der Waals surface area contributed by atoms with Crippen molar-refractivity contribution in [2.75, 3.05) is 26.2 Å². The summed E-state index contributed by atoms with van der Waals surface area (Å²) in [5.41, 5.74) is 1.45. The van der Waals surface area contributed by atoms with Crippen molar-refractivity contribution in [3.05, 3.63) is 29.8 Å². The molecule has 2 saturated heterocycles. The number of rotatable bonds is 3. The summed E-state index contributed by atoms with van der Waals surface area (Å²) in [6.45, 7) is 3.33. The lowest BCUT2D eigenvalue weighted by Gasteiger charge is -2.27. The number of H-pyrrole nitrogens is 1. The number of likely N-dealkylation sites (tertiary alicyclic amines) is 2. The predicted octanol–water partition coefficient (Wildman–Crippen LogP) is 3.24. The Morgan fingerprint density at radius 1 is 1.16 bits per heavy atom. The maximum atomic E-state index is 13.4. The summed E-state index contributed by atoms with van der Waals surface area (Å²) >= 11 is 0. The molecule has 1 amide bonds. The Kier molecular flexibility index (Phi) is 4.70. The summed E-state index contributed by atoms with van der Waals surface area (Å²) in [6.07, 6.45) is 6.81. The van der Waals surface area contributed by atoms with Crippen molar-refractivity contribution in [2.45, 2.75) is 44.6 Å². The molecule has 0 aliphatic carbocycles. The van der Waals surface area contributed by atoms with E-state index < -0.39 is 0 Å². The van der Waals surface area contributed by atoms with Crippen molar-refractivity contribution < 1.29 is 9.18 Å². The van der Waals surface area contributed by atoms with E-state index in [4.69, 9.17) is 0 Å². The van der Waals surface area contributed by atoms with Crippen LogP contribution < -0.4 is 0 Å². The molecule has 3 heterocycles. The Bertz CT molecular complexity index is 751. The molecule has 0 spiro atoms. The number of aromatic amines is 1. The average Bonchev–Trinajstić information content (AvgIpc) is 3.16. The summed E-state index contributed by atoms with van der Waals surface area (Å²) < 4.78 is 13.4. The number of benzene rings is 1. The first kappa shape index (κ1) is 16.5. The highest BCUT2D eigenvalue weighted by Gasteiger charge is 2.32. The Morgan fingerprint density at radius 3 is 2.76 bits per heavy atom. The van der Waals surface area contributed by atoms with Gasteiger partial charge in [0, 0.05) is 6.54 Å². The molecule has 1 aromatic heterocycles. The van der Waals surface area contributed by atoms with Crippen molar-refractivity contribution >= 4 is 16.9 Å². The molecule has 2 fully saturated rings. The lowest BCUT2D eigenvalue weighted by Crippen LogP contribution is -2.40. The van der Waals surface area contributed by atoms with E-state index in [1.165, 1.54) is 37.8 Å². The highest BCUT2D eigenvalue weighted by molar-refractivity contribution is 5.79. The molecular weight excluding hydrogens is 319 g/mol. The maximum absolute atomic E-state index is 13.4. The van der Waals surface area contributed by atoms with Gasteiger partial charge < -0.3 is 9.88 Å². The SMILES string of the molecule is O=C(CN1CCCCCC1)N1CCCC1c1nc2ccc(F)cc2[nH]1. The molecule has 25 heavy (non-hydrogen) atoms. The van der Waals surface area contributed by atoms with Crippen LogP contribution in [0.5, 0.6) is 0 Å². The third-order valence-corrected chi connectivity index (χ3v) is 5.41. The average molecular weight is 344 g/mol. The molecule has 6 heteroatoms. The molecule has 5 nitrogen and oxygen atoms in total. The van der Waals surface area contributed by atoms with Crippen molar-refractivity contribution in [1.29, 1.82) is 0 Å². The highest BCUT2D eigenvalue weighted by atomic mass is 19.1. The first-order valence-corrected chi connectivity index (χ1v) is 9.38. The van der Waals surface area contributed by atoms with Crippen molar-refractivity contribution in [2.24, 2.45) is 0 Å². The third kappa shape index (κ3) is 3.54. The molecule has 2 aliphatic rings. The first-order valence-electron chi connectivity index (χ1n) is 9.38. The van der Waals surface area contributed by atoms with Crippen LogP contribution in [0.15, 0.2) is 18.2 Å². The zero-order chi connectivity index (χ0) is 17.2. The molecule has 4 rings (SSSR count). The number of fused-ring (bicyclic) bond motifs is 1. The summed E-state index contributed by atoms with van der Waals surface area (Å²) in [6, 6.07) is 4.55. The van der Waals surface area contributed by atoms with E-state index in [1.54, 1.807) is 6.07 Å². The normalized spacial score (nSPS) is 22.4. The molecule has 1 aromatic carbocycles. The Hall–Kier alpha value is -1.95. The van der Waals surface area contributed by atoms with Crippen molar-refractivity contribution in [1.82, 2.24) is 19.8 Å². The van der Waals surface area contributed by atoms with Crippen LogP contribution in [0.3, 0.4) is 0 Å². The van der Waals surface area contributed by atoms with E-state index >= 15 is 0 Å². The van der Waals surface area contributed by atoms with E-state index in [1.807, 2.05) is 4.90 Å². The van der Waals surface area contributed by atoms with Crippen LogP contribution in [0, 0.1) is 5.82 Å². The monoisotopic (exact) mass is 344 g/mol. The minimum atomic E-state index is -0.275. The second-order valence-electron chi connectivity index (χ2n) is 7.22. The number of nitrogens with zero attached hydrogens (tertiary/aromatic N) is 3. The van der Waals surface area contributed by atoms with Crippen molar-refractivity contribution in [3.8, 4) is 0 Å². The minimum Gasteiger partial charge on any atom is -0.340 e. The number of imidazole rings is 1. The molecule has 2 aromatic rings. The van der Waals surface area contributed by atoms with Gasteiger partial charge in [-0.25, -0.2) is 9.37 Å². The number of halogens is 1. The van der Waals surface area contributed by atoms with E-state index in [-0.39, 0.29) is 17.8 Å². The minimum absolute atomic E-state index is 0.0186. The summed E-state index contributed by atoms with van der Waals surface area (Å²) in [5, 5.41) is 0. The Balaban J connectivity index is 1.49. The number of carbonyl (C=O) groups excluding carboxylic acids is 1. The van der Waals surface area contributed by atoms with Gasteiger partial charge in [-0.15, -0.1) is 0 Å². The molecule has 2 aliphatic heterocycles. The van der Waals surface area contributed by atoms with Gasteiger partial charge in [0.25, 0.3) is 0 Å². The largest absolute Gasteiger partial charge is 0.340 e. The fourth-order valence-corrected chi connectivity index (χ4v) is 4.09. The summed E-state index contributed by atoms with van der Waals surface area (Å²) in [5.74, 6) is 0.696. The zero-order valence-electron chi connectivity index (χ0n) is 14.5. The summed E-state index contributed by atoms with van der Waals surface area (Å²) in [7, 11) is 0. The van der Waals surface area contributed by atoms with E-state index in [0.717, 1.165) is 43.8 Å². The third-order valence-electron chi connectivity index (χ3n) is 5.41. The van der Waals surface area contributed by atoms with Crippen LogP contribution in [0.2, 0.25) is 0 Å². The lowest BCUT2D eigenvalue weighted by molar-refractivity contribution is -0.133. The van der Waals surface area contributed by atoms with Crippen LogP contribution in [0.1, 0.15) is 50.4 Å². The molecule has 1 unspecified atom stereocenters. The van der Waals surface area contributed by atoms with Gasteiger partial charge in [-0.05, 0) is 57.0 Å². The fraction of sp³-hybridized carbons (Fsp3) is 0.579. The fourth-order valence-electron chi connectivity index (χ4n) is 4.09. The molecule has 1 atom stereocenters. The number of nitrogens with one attached hydrogen (secondary N) is 1. The number of hydrogen-bond acceptors (Lipinski definition) is 3. The second kappa shape index (κ2) is 7.12. The number of carbonyl (C=O) groups is 1. The lowest BCUT2D eigenvalue weighted by atomic mass is 10.2. The van der Waals surface area contributed by atoms with Gasteiger partial charge in [-0.3, -0.25) is 9.69 Å². The molecule has 0 radical (unpaired) electrons. The van der Waals surface area contributed by atoms with E-state index in [0.29, 0.717) is 12.1 Å². The topological polar surface area (TPSA) is 52.2 Å². The first-order chi connectivity index (χ1) is 12.2. The molecule has 0 saturated carbocycles. The van der Waals surface area contributed by atoms with Gasteiger partial charge in [0.05, 0.1) is 23.6 Å². The number of hydrogen-bond donors (Lipinski definition) is 1. The van der Waals surface area contributed by atoms with Crippen LogP contribution >= 0.6 is 0 Å². The van der Waals surface area contributed by atoms with Gasteiger partial charge in [0.15, 0.2) is 0 Å². The van der Waals surface area contributed by atoms with Gasteiger partial charge in [0.2, 0.25) is 5.91 Å². The number of aromatic nitrogens is 2. The standard InChI is InChI=1S/C19H25FN4O/c20-14-7-8-15-16(12-14)22-19(21-15)17-6-5-11-24(17)18(25)13-23-9-3-1-2-4-10-23/h7-8,12,17H,1-6,9-11,13H2,(H,21,22). The molecular formula is C19H25FN4O. The van der Waals surface area contributed by atoms with Crippen LogP contribution in [0.25, 0.3) is 11.0 Å². The van der Waals surface area contributed by atoms with Crippen molar-refractivity contribution in [3.63, 3.8) is 0 Å².